The number of hydrogen-bond acceptors (Lipinski definition) is 3. The molecule has 1 unspecified atom stereocenters. The summed E-state index contributed by atoms with van der Waals surface area (Å²) >= 11 is 0. The fourth-order valence-electron chi connectivity index (χ4n) is 2.43. The highest BCUT2D eigenvalue weighted by atomic mass is 16.5. The predicted octanol–water partition coefficient (Wildman–Crippen LogP) is 1.88. The van der Waals surface area contributed by atoms with Gasteiger partial charge in [0.2, 0.25) is 0 Å². The summed E-state index contributed by atoms with van der Waals surface area (Å²) in [5, 5.41) is 11.7. The Labute approximate surface area is 130 Å². The number of carboxylic acids is 1. The lowest BCUT2D eigenvalue weighted by atomic mass is 10.1. The van der Waals surface area contributed by atoms with Gasteiger partial charge in [-0.05, 0) is 31.4 Å². The molecule has 1 heterocycles. The Morgan fingerprint density at radius 3 is 2.86 bits per heavy atom. The molecule has 1 saturated heterocycles. The molecule has 1 atom stereocenters. The molecule has 0 radical (unpaired) electrons. The lowest BCUT2D eigenvalue weighted by Gasteiger charge is -2.16. The van der Waals surface area contributed by atoms with Crippen LogP contribution in [0.5, 0.6) is 5.75 Å². The van der Waals surface area contributed by atoms with Gasteiger partial charge in [-0.15, -0.1) is 0 Å². The molecule has 2 rings (SSSR count). The number of para-hydroxylation sites is 1. The molecule has 0 spiro atoms. The maximum atomic E-state index is 11.9. The number of hydrogen-bond donors (Lipinski definition) is 2. The Bertz CT molecular complexity index is 533. The van der Waals surface area contributed by atoms with Crippen molar-refractivity contribution in [2.24, 2.45) is 5.92 Å². The van der Waals surface area contributed by atoms with Gasteiger partial charge >= 0.3 is 12.0 Å². The van der Waals surface area contributed by atoms with Crippen LogP contribution in [0.3, 0.4) is 0 Å². The van der Waals surface area contributed by atoms with Crippen LogP contribution >= 0.6 is 0 Å². The molecule has 6 heteroatoms. The van der Waals surface area contributed by atoms with Crippen LogP contribution in [0.25, 0.3) is 0 Å². The molecule has 1 aliphatic heterocycles. The average molecular weight is 306 g/mol. The number of likely N-dealkylation sites (tertiary alicyclic amines) is 1. The number of carbonyl (C=O) groups is 2. The number of ether oxygens (including phenoxy) is 1. The Kier molecular flexibility index (Phi) is 5.63. The second kappa shape index (κ2) is 7.68. The normalized spacial score (nSPS) is 17.3. The molecule has 1 aromatic carbocycles. The molecule has 0 bridgehead atoms. The average Bonchev–Trinajstić information content (AvgIpc) is 2.98. The van der Waals surface area contributed by atoms with Crippen LogP contribution in [0.4, 0.5) is 4.79 Å². The summed E-state index contributed by atoms with van der Waals surface area (Å²) in [6.45, 7) is 3.83. The van der Waals surface area contributed by atoms with Gasteiger partial charge in [0, 0.05) is 19.6 Å². The van der Waals surface area contributed by atoms with E-state index in [1.165, 1.54) is 0 Å². The van der Waals surface area contributed by atoms with Crippen molar-refractivity contribution in [2.75, 3.05) is 26.2 Å². The summed E-state index contributed by atoms with van der Waals surface area (Å²) in [6.07, 6.45) is 1.23. The molecular formula is C16H22N2O4. The number of carbonyl (C=O) groups excluding carboxylic acids is 1. The van der Waals surface area contributed by atoms with Gasteiger partial charge in [-0.1, -0.05) is 18.2 Å². The molecule has 0 aliphatic carbocycles. The van der Waals surface area contributed by atoms with Gasteiger partial charge in [-0.25, -0.2) is 4.79 Å². The number of rotatable bonds is 6. The summed E-state index contributed by atoms with van der Waals surface area (Å²) in [5.41, 5.74) is 1.09. The minimum Gasteiger partial charge on any atom is -0.493 e. The SMILES string of the molecule is Cc1ccccc1OCCCNC(=O)N1CCC(C(=O)O)C1. The number of carboxylic acid groups (broad SMARTS) is 1. The van der Waals surface area contributed by atoms with Gasteiger partial charge < -0.3 is 20.1 Å². The molecule has 1 aliphatic rings. The lowest BCUT2D eigenvalue weighted by molar-refractivity contribution is -0.141. The number of nitrogens with zero attached hydrogens (tertiary/aromatic N) is 1. The van der Waals surface area contributed by atoms with E-state index < -0.39 is 11.9 Å². The van der Waals surface area contributed by atoms with E-state index in [2.05, 4.69) is 5.32 Å². The summed E-state index contributed by atoms with van der Waals surface area (Å²) in [6, 6.07) is 7.60. The van der Waals surface area contributed by atoms with Crippen molar-refractivity contribution in [3.05, 3.63) is 29.8 Å². The largest absolute Gasteiger partial charge is 0.493 e. The van der Waals surface area contributed by atoms with Crippen molar-refractivity contribution in [3.8, 4) is 5.75 Å². The first-order valence-electron chi connectivity index (χ1n) is 7.52. The van der Waals surface area contributed by atoms with Crippen molar-refractivity contribution in [1.82, 2.24) is 10.2 Å². The number of urea groups is 1. The zero-order chi connectivity index (χ0) is 15.9. The van der Waals surface area contributed by atoms with Gasteiger partial charge in [0.05, 0.1) is 12.5 Å². The Hall–Kier alpha value is -2.24. The van der Waals surface area contributed by atoms with E-state index in [1.807, 2.05) is 31.2 Å². The first kappa shape index (κ1) is 16.1. The van der Waals surface area contributed by atoms with E-state index in [0.717, 1.165) is 11.3 Å². The quantitative estimate of drug-likeness (QED) is 0.787. The van der Waals surface area contributed by atoms with Crippen LogP contribution in [0, 0.1) is 12.8 Å². The third-order valence-corrected chi connectivity index (χ3v) is 3.77. The molecule has 2 N–H and O–H groups in total. The molecule has 120 valence electrons. The van der Waals surface area contributed by atoms with Crippen LogP contribution < -0.4 is 10.1 Å². The van der Waals surface area contributed by atoms with E-state index in [4.69, 9.17) is 9.84 Å². The van der Waals surface area contributed by atoms with E-state index in [-0.39, 0.29) is 6.03 Å². The first-order chi connectivity index (χ1) is 10.6. The van der Waals surface area contributed by atoms with Crippen molar-refractivity contribution >= 4 is 12.0 Å². The number of aryl methyl sites for hydroxylation is 1. The van der Waals surface area contributed by atoms with Crippen LogP contribution in [0.15, 0.2) is 24.3 Å². The molecule has 1 aromatic rings. The maximum Gasteiger partial charge on any atom is 0.317 e. The zero-order valence-corrected chi connectivity index (χ0v) is 12.7. The Morgan fingerprint density at radius 2 is 2.18 bits per heavy atom. The Morgan fingerprint density at radius 1 is 1.41 bits per heavy atom. The monoisotopic (exact) mass is 306 g/mol. The van der Waals surface area contributed by atoms with Gasteiger partial charge in [0.15, 0.2) is 0 Å². The van der Waals surface area contributed by atoms with Crippen molar-refractivity contribution in [1.29, 1.82) is 0 Å². The molecular weight excluding hydrogens is 284 g/mol. The summed E-state index contributed by atoms with van der Waals surface area (Å²) in [4.78, 5) is 24.3. The van der Waals surface area contributed by atoms with Gasteiger partial charge in [0.1, 0.15) is 5.75 Å². The van der Waals surface area contributed by atoms with Crippen LogP contribution in [0.2, 0.25) is 0 Å². The fraction of sp³-hybridized carbons (Fsp3) is 0.500. The van der Waals surface area contributed by atoms with Gasteiger partial charge in [0.25, 0.3) is 0 Å². The first-order valence-corrected chi connectivity index (χ1v) is 7.52. The van der Waals surface area contributed by atoms with Gasteiger partial charge in [-0.3, -0.25) is 4.79 Å². The summed E-state index contributed by atoms with van der Waals surface area (Å²) < 4.78 is 5.65. The van der Waals surface area contributed by atoms with Crippen molar-refractivity contribution in [3.63, 3.8) is 0 Å². The minimum absolute atomic E-state index is 0.195. The molecule has 0 saturated carbocycles. The predicted molar refractivity (Wildman–Crippen MR) is 82.0 cm³/mol. The fourth-order valence-corrected chi connectivity index (χ4v) is 2.43. The van der Waals surface area contributed by atoms with E-state index in [0.29, 0.717) is 39.1 Å². The maximum absolute atomic E-state index is 11.9. The second-order valence-corrected chi connectivity index (χ2v) is 5.47. The molecule has 1 fully saturated rings. The van der Waals surface area contributed by atoms with Crippen LogP contribution in [0.1, 0.15) is 18.4 Å². The topological polar surface area (TPSA) is 78.9 Å². The zero-order valence-electron chi connectivity index (χ0n) is 12.7. The van der Waals surface area contributed by atoms with Crippen LogP contribution in [-0.4, -0.2) is 48.2 Å². The summed E-state index contributed by atoms with van der Waals surface area (Å²) in [5.74, 6) is -0.408. The third kappa shape index (κ3) is 4.38. The lowest BCUT2D eigenvalue weighted by Crippen LogP contribution is -2.39. The van der Waals surface area contributed by atoms with E-state index >= 15 is 0 Å². The van der Waals surface area contributed by atoms with Crippen molar-refractivity contribution in [2.45, 2.75) is 19.8 Å². The van der Waals surface area contributed by atoms with Gasteiger partial charge in [-0.2, -0.15) is 0 Å². The van der Waals surface area contributed by atoms with Crippen LogP contribution in [-0.2, 0) is 4.79 Å². The third-order valence-electron chi connectivity index (χ3n) is 3.77. The molecule has 6 nitrogen and oxygen atoms in total. The highest BCUT2D eigenvalue weighted by Crippen LogP contribution is 2.17. The molecule has 22 heavy (non-hydrogen) atoms. The molecule has 0 aromatic heterocycles. The second-order valence-electron chi connectivity index (χ2n) is 5.47. The standard InChI is InChI=1S/C16H22N2O4/c1-12-5-2-3-6-14(12)22-10-4-8-17-16(21)18-9-7-13(11-18)15(19)20/h2-3,5-6,13H,4,7-11H2,1H3,(H,17,21)(H,19,20). The highest BCUT2D eigenvalue weighted by Gasteiger charge is 2.30. The van der Waals surface area contributed by atoms with Crippen molar-refractivity contribution < 1.29 is 19.4 Å². The Balaban J connectivity index is 1.62. The smallest absolute Gasteiger partial charge is 0.317 e. The van der Waals surface area contributed by atoms with E-state index in [9.17, 15) is 9.59 Å². The summed E-state index contributed by atoms with van der Waals surface area (Å²) in [7, 11) is 0. The number of nitrogens with one attached hydrogen (secondary N) is 1. The van der Waals surface area contributed by atoms with E-state index in [1.54, 1.807) is 4.90 Å². The molecule has 2 amide bonds. The minimum atomic E-state index is -0.832. The number of benzene rings is 1. The highest BCUT2D eigenvalue weighted by molar-refractivity contribution is 5.77. The number of amides is 2. The number of aliphatic carboxylic acids is 1.